The Kier molecular flexibility index (Phi) is 22.4. The van der Waals surface area contributed by atoms with E-state index in [9.17, 15) is 19.2 Å². The molecule has 10 nitrogen and oxygen atoms in total. The lowest BCUT2D eigenvalue weighted by Crippen LogP contribution is -2.42. The number of carbonyl (C=O) groups excluding carboxylic acids is 4. The summed E-state index contributed by atoms with van der Waals surface area (Å²) in [4.78, 5) is 51.6. The minimum Gasteiger partial charge on any atom is -0.453 e. The molecule has 0 aromatic carbocycles. The Morgan fingerprint density at radius 3 is 1.24 bits per heavy atom. The fraction of sp³-hybridized carbons (Fsp3) is 0.500. The fourth-order valence-electron chi connectivity index (χ4n) is 7.47. The number of allylic oxidation sites excluding steroid dienone is 20. The number of rotatable bonds is 22. The normalized spacial score (nSPS) is 21.7. The smallest absolute Gasteiger partial charge is 0.323 e. The molecule has 0 saturated carbocycles. The molecular weight excluding hydrogens is 777 g/mol. The summed E-state index contributed by atoms with van der Waals surface area (Å²) in [6, 6.07) is -1.52. The summed E-state index contributed by atoms with van der Waals surface area (Å²) in [6.07, 6.45) is 31.3. The van der Waals surface area contributed by atoms with E-state index in [1.807, 2.05) is 113 Å². The molecule has 0 aliphatic heterocycles. The minimum absolute atomic E-state index is 0.179. The lowest BCUT2D eigenvalue weighted by Gasteiger charge is -2.36. The highest BCUT2D eigenvalue weighted by molar-refractivity contribution is 6.02. The summed E-state index contributed by atoms with van der Waals surface area (Å²) in [5, 5.41) is 0. The molecular formula is C52H76N4O6. The van der Waals surface area contributed by atoms with E-state index in [0.717, 1.165) is 59.1 Å². The predicted octanol–water partition coefficient (Wildman–Crippen LogP) is 8.92. The van der Waals surface area contributed by atoms with Crippen LogP contribution < -0.4 is 22.9 Å². The van der Waals surface area contributed by atoms with E-state index < -0.39 is 36.2 Å². The first kappa shape index (κ1) is 53.4. The second kappa shape index (κ2) is 26.0. The van der Waals surface area contributed by atoms with Gasteiger partial charge in [-0.2, -0.15) is 0 Å². The van der Waals surface area contributed by atoms with E-state index in [-0.39, 0.29) is 22.4 Å². The average molecular weight is 853 g/mol. The third-order valence-corrected chi connectivity index (χ3v) is 11.3. The molecule has 0 heterocycles. The Morgan fingerprint density at radius 1 is 0.581 bits per heavy atom. The monoisotopic (exact) mass is 853 g/mol. The summed E-state index contributed by atoms with van der Waals surface area (Å²) in [7, 11) is 0. The zero-order valence-corrected chi connectivity index (χ0v) is 39.2. The van der Waals surface area contributed by atoms with Crippen LogP contribution in [0.5, 0.6) is 0 Å². The fourth-order valence-corrected chi connectivity index (χ4v) is 7.47. The molecule has 0 fully saturated rings. The van der Waals surface area contributed by atoms with Crippen molar-refractivity contribution in [1.82, 2.24) is 0 Å². The summed E-state index contributed by atoms with van der Waals surface area (Å²) in [6.45, 7) is 21.0. The molecule has 0 aromatic rings. The lowest BCUT2D eigenvalue weighted by atomic mass is 9.71. The molecule has 4 atom stereocenters. The topological polar surface area (TPSA) is 191 Å². The van der Waals surface area contributed by atoms with Crippen LogP contribution in [0.3, 0.4) is 0 Å². The quantitative estimate of drug-likeness (QED) is 0.0465. The molecule has 62 heavy (non-hydrogen) atoms. The van der Waals surface area contributed by atoms with E-state index >= 15 is 0 Å². The number of Topliss-reactive ketones (excluding diaryl/α,β-unsaturated/α-hetero) is 2. The van der Waals surface area contributed by atoms with E-state index in [4.69, 9.17) is 32.4 Å². The Morgan fingerprint density at radius 2 is 0.903 bits per heavy atom. The van der Waals surface area contributed by atoms with Gasteiger partial charge in [0.1, 0.15) is 12.1 Å². The SMILES string of the molecule is CC1=C(/C=C/C(C)=C/C=C/C(C)=C/C=C/C=C(C)/C=C/C=C(C)/C=C/C2=C(C)C(=O)C(OC(=O)C(N)CCCCN)CC2(C)C)C(C)(C)CC(OC(=O)C(N)CCCCN)C1=O. The Labute approximate surface area is 372 Å². The molecule has 0 bridgehead atoms. The van der Waals surface area contributed by atoms with Crippen molar-refractivity contribution in [2.75, 3.05) is 13.1 Å². The second-order valence-electron chi connectivity index (χ2n) is 18.0. The van der Waals surface area contributed by atoms with Crippen LogP contribution in [0.2, 0.25) is 0 Å². The van der Waals surface area contributed by atoms with Crippen LogP contribution in [0.15, 0.2) is 130 Å². The van der Waals surface area contributed by atoms with Crippen LogP contribution in [0.4, 0.5) is 0 Å². The number of ether oxygens (including phenoxy) is 2. The van der Waals surface area contributed by atoms with Crippen molar-refractivity contribution in [3.63, 3.8) is 0 Å². The van der Waals surface area contributed by atoms with Crippen LogP contribution in [0.1, 0.15) is 121 Å². The summed E-state index contributed by atoms with van der Waals surface area (Å²) >= 11 is 0. The first-order valence-corrected chi connectivity index (χ1v) is 22.1. The molecule has 8 N–H and O–H groups in total. The van der Waals surface area contributed by atoms with Gasteiger partial charge in [-0.25, -0.2) is 0 Å². The number of unbranched alkanes of at least 4 members (excludes halogenated alkanes) is 2. The molecule has 10 heteroatoms. The lowest BCUT2D eigenvalue weighted by molar-refractivity contribution is -0.157. The molecule has 340 valence electrons. The van der Waals surface area contributed by atoms with Crippen LogP contribution in [0.25, 0.3) is 0 Å². The summed E-state index contributed by atoms with van der Waals surface area (Å²) < 4.78 is 11.2. The highest BCUT2D eigenvalue weighted by Gasteiger charge is 2.41. The number of hydrogen-bond donors (Lipinski definition) is 4. The summed E-state index contributed by atoms with van der Waals surface area (Å²) in [5.74, 6) is -1.44. The first-order chi connectivity index (χ1) is 29.1. The molecule has 2 aliphatic carbocycles. The van der Waals surface area contributed by atoms with Crippen LogP contribution in [-0.2, 0) is 28.7 Å². The number of hydrogen-bond acceptors (Lipinski definition) is 10. The largest absolute Gasteiger partial charge is 0.453 e. The van der Waals surface area contributed by atoms with Gasteiger partial charge in [0, 0.05) is 12.8 Å². The maximum Gasteiger partial charge on any atom is 0.323 e. The van der Waals surface area contributed by atoms with E-state index in [2.05, 4.69) is 27.7 Å². The maximum atomic E-state index is 13.2. The Balaban J connectivity index is 1.97. The van der Waals surface area contributed by atoms with Crippen molar-refractivity contribution >= 4 is 23.5 Å². The zero-order valence-electron chi connectivity index (χ0n) is 39.2. The van der Waals surface area contributed by atoms with Gasteiger partial charge in [0.25, 0.3) is 0 Å². The van der Waals surface area contributed by atoms with Crippen LogP contribution >= 0.6 is 0 Å². The van der Waals surface area contributed by atoms with Gasteiger partial charge in [-0.15, -0.1) is 0 Å². The van der Waals surface area contributed by atoms with E-state index in [0.29, 0.717) is 49.9 Å². The zero-order chi connectivity index (χ0) is 46.6. The van der Waals surface area contributed by atoms with Crippen LogP contribution in [0, 0.1) is 10.8 Å². The Hall–Kier alpha value is -4.74. The first-order valence-electron chi connectivity index (χ1n) is 22.1. The summed E-state index contributed by atoms with van der Waals surface area (Å²) in [5.41, 5.74) is 29.6. The van der Waals surface area contributed by atoms with Crippen LogP contribution in [-0.4, -0.2) is 60.9 Å². The van der Waals surface area contributed by atoms with Crippen molar-refractivity contribution in [3.05, 3.63) is 130 Å². The molecule has 2 rings (SSSR count). The predicted molar refractivity (Wildman–Crippen MR) is 254 cm³/mol. The minimum atomic E-state index is -0.839. The molecule has 0 radical (unpaired) electrons. The standard InChI is InChI=1S/C52H76N4O6/c1-35(21-17-23-37(3)27-29-41-39(5)47(57)45(33-51(41,7)8)61-49(59)43(55)25-13-15-31-53)19-11-12-20-36(2)22-18-24-38(4)28-30-42-40(6)48(58)46(34-52(42,9)10)62-50(60)44(56)26-14-16-32-54/h11-12,17-24,27-30,43-46H,13-16,25-26,31-34,53-56H2,1-10H3/b12-11+,21-17+,22-18+,29-27+,30-28+,35-19+,36-20+,37-23+,38-24+. The van der Waals surface area contributed by atoms with Gasteiger partial charge in [0.2, 0.25) is 0 Å². The van der Waals surface area contributed by atoms with Crippen molar-refractivity contribution in [2.45, 2.75) is 145 Å². The number of ketones is 2. The molecule has 2 aliphatic rings. The second-order valence-corrected chi connectivity index (χ2v) is 18.0. The molecule has 0 amide bonds. The average Bonchev–Trinajstić information content (AvgIpc) is 3.20. The van der Waals surface area contributed by atoms with Gasteiger partial charge in [0.15, 0.2) is 23.8 Å². The third-order valence-electron chi connectivity index (χ3n) is 11.3. The van der Waals surface area contributed by atoms with Gasteiger partial charge in [-0.05, 0) is 113 Å². The highest BCUT2D eigenvalue weighted by atomic mass is 16.6. The number of carbonyl (C=O) groups is 4. The maximum absolute atomic E-state index is 13.2. The van der Waals surface area contributed by atoms with Crippen molar-refractivity contribution in [1.29, 1.82) is 0 Å². The van der Waals surface area contributed by atoms with Crippen molar-refractivity contribution < 1.29 is 28.7 Å². The van der Waals surface area contributed by atoms with Crippen molar-refractivity contribution in [3.8, 4) is 0 Å². The van der Waals surface area contributed by atoms with E-state index in [1.165, 1.54) is 0 Å². The highest BCUT2D eigenvalue weighted by Crippen LogP contribution is 2.42. The number of esters is 2. The molecule has 0 spiro atoms. The molecule has 0 saturated heterocycles. The van der Waals surface area contributed by atoms with Crippen molar-refractivity contribution in [2.24, 2.45) is 33.8 Å². The van der Waals surface area contributed by atoms with E-state index in [1.54, 1.807) is 13.8 Å². The van der Waals surface area contributed by atoms with Gasteiger partial charge in [0.05, 0.1) is 0 Å². The Bertz CT molecular complexity index is 1810. The van der Waals surface area contributed by atoms with Gasteiger partial charge in [-0.1, -0.05) is 148 Å². The third kappa shape index (κ3) is 17.6. The van der Waals surface area contributed by atoms with Gasteiger partial charge >= 0.3 is 11.9 Å². The molecule has 0 aromatic heterocycles. The van der Waals surface area contributed by atoms with Gasteiger partial charge < -0.3 is 32.4 Å². The van der Waals surface area contributed by atoms with Gasteiger partial charge in [-0.3, -0.25) is 19.2 Å². The molecule has 4 unspecified atom stereocenters. The number of nitrogens with two attached hydrogens (primary N) is 4.